The third-order valence-electron chi connectivity index (χ3n) is 12.4. The van der Waals surface area contributed by atoms with E-state index < -0.39 is 0 Å². The molecule has 0 radical (unpaired) electrons. The summed E-state index contributed by atoms with van der Waals surface area (Å²) >= 11 is 0. The van der Waals surface area contributed by atoms with Crippen molar-refractivity contribution in [3.05, 3.63) is 194 Å². The first-order valence-electron chi connectivity index (χ1n) is 19.4. The van der Waals surface area contributed by atoms with Gasteiger partial charge < -0.3 is 9.13 Å². The Hall–Kier alpha value is -7.42. The van der Waals surface area contributed by atoms with Crippen molar-refractivity contribution in [1.82, 2.24) is 9.13 Å². The van der Waals surface area contributed by atoms with Gasteiger partial charge in [-0.2, -0.15) is 0 Å². The normalized spacial score (nSPS) is 12.3. The Morgan fingerprint density at radius 1 is 0.250 bits per heavy atom. The molecule has 0 unspecified atom stereocenters. The zero-order valence-electron chi connectivity index (χ0n) is 30.4. The summed E-state index contributed by atoms with van der Waals surface area (Å²) in [6.45, 7) is 0. The maximum atomic E-state index is 2.52. The van der Waals surface area contributed by atoms with Crippen molar-refractivity contribution in [2.75, 3.05) is 0 Å². The highest BCUT2D eigenvalue weighted by Gasteiger charge is 2.25. The monoisotopic (exact) mass is 708 g/mol. The average Bonchev–Trinajstić information content (AvgIpc) is 3.74. The number of rotatable bonds is 2. The summed E-state index contributed by atoms with van der Waals surface area (Å²) in [6.07, 6.45) is 0. The molecule has 0 saturated carbocycles. The smallest absolute Gasteiger partial charge is 0.0619 e. The molecule has 1 aliphatic rings. The number of hydrogen-bond acceptors (Lipinski definition) is 0. The molecule has 0 N–H and O–H groups in total. The number of benzene rings is 10. The van der Waals surface area contributed by atoms with Gasteiger partial charge in [0.25, 0.3) is 0 Å². The van der Waals surface area contributed by atoms with E-state index in [9.17, 15) is 0 Å². The predicted molar refractivity (Wildman–Crippen MR) is 238 cm³/mol. The molecule has 2 nitrogen and oxygen atoms in total. The second-order valence-corrected chi connectivity index (χ2v) is 15.3. The van der Waals surface area contributed by atoms with E-state index in [2.05, 4.69) is 203 Å². The van der Waals surface area contributed by atoms with Crippen molar-refractivity contribution in [2.24, 2.45) is 0 Å². The van der Waals surface area contributed by atoms with E-state index in [1.807, 2.05) is 0 Å². The largest absolute Gasteiger partial charge is 0.309 e. The fourth-order valence-electron chi connectivity index (χ4n) is 9.93. The Morgan fingerprint density at radius 2 is 0.768 bits per heavy atom. The van der Waals surface area contributed by atoms with E-state index in [-0.39, 0.29) is 0 Å². The lowest BCUT2D eigenvalue weighted by molar-refractivity contribution is 1.19. The van der Waals surface area contributed by atoms with Crippen LogP contribution < -0.4 is 0 Å². The van der Waals surface area contributed by atoms with Crippen LogP contribution in [0, 0.1) is 0 Å². The number of hydrogen-bond donors (Lipinski definition) is 0. The molecular weight excluding hydrogens is 677 g/mol. The van der Waals surface area contributed by atoms with E-state index >= 15 is 0 Å². The van der Waals surface area contributed by atoms with Gasteiger partial charge in [0, 0.05) is 38.1 Å². The van der Waals surface area contributed by atoms with Crippen molar-refractivity contribution in [1.29, 1.82) is 0 Å². The van der Waals surface area contributed by atoms with Crippen molar-refractivity contribution in [2.45, 2.75) is 0 Å². The number of nitrogens with zero attached hydrogens (tertiary/aromatic N) is 2. The Bertz CT molecular complexity index is 3650. The summed E-state index contributed by atoms with van der Waals surface area (Å²) in [6, 6.07) is 72.2. The second-order valence-electron chi connectivity index (χ2n) is 15.3. The highest BCUT2D eigenvalue weighted by Crippen LogP contribution is 2.48. The summed E-state index contributed by atoms with van der Waals surface area (Å²) < 4.78 is 5.00. The lowest BCUT2D eigenvalue weighted by atomic mass is 9.92. The molecular formula is C54H32N2. The van der Waals surface area contributed by atoms with Crippen LogP contribution in [0.1, 0.15) is 0 Å². The van der Waals surface area contributed by atoms with Gasteiger partial charge in [-0.05, 0) is 97.7 Å². The zero-order chi connectivity index (χ0) is 36.5. The minimum atomic E-state index is 1.21. The molecule has 0 atom stereocenters. The van der Waals surface area contributed by atoms with E-state index in [1.165, 1.54) is 121 Å². The van der Waals surface area contributed by atoms with Crippen LogP contribution in [0.2, 0.25) is 0 Å². The Morgan fingerprint density at radius 3 is 1.55 bits per heavy atom. The molecule has 0 fully saturated rings. The van der Waals surface area contributed by atoms with E-state index in [4.69, 9.17) is 0 Å². The van der Waals surface area contributed by atoms with Gasteiger partial charge in [0.1, 0.15) is 0 Å². The van der Waals surface area contributed by atoms with Crippen molar-refractivity contribution in [3.63, 3.8) is 0 Å². The van der Waals surface area contributed by atoms with Gasteiger partial charge in [0.05, 0.1) is 33.4 Å². The van der Waals surface area contributed by atoms with Gasteiger partial charge in [-0.1, -0.05) is 146 Å². The number of fused-ring (bicyclic) bond motifs is 15. The van der Waals surface area contributed by atoms with Gasteiger partial charge in [-0.3, -0.25) is 0 Å². The lowest BCUT2D eigenvalue weighted by Crippen LogP contribution is -1.96. The molecule has 0 saturated heterocycles. The van der Waals surface area contributed by atoms with Crippen molar-refractivity contribution >= 4 is 75.9 Å². The summed E-state index contributed by atoms with van der Waals surface area (Å²) in [7, 11) is 0. The molecule has 258 valence electrons. The predicted octanol–water partition coefficient (Wildman–Crippen LogP) is 14.7. The van der Waals surface area contributed by atoms with Crippen LogP contribution in [0.4, 0.5) is 0 Å². The lowest BCUT2D eigenvalue weighted by Gasteiger charge is -2.15. The molecule has 1 aliphatic heterocycles. The number of aromatic nitrogens is 2. The Kier molecular flexibility index (Phi) is 5.92. The SMILES string of the molecule is c1ccc2c(c1)-c1cc3ccccc3cc1-n1c3ccc(-c4ccc5c(c4)c4ccccc4n5-c4cc5ccccc5c5ccccc45)cc3c3cccc-2c31. The third-order valence-corrected chi connectivity index (χ3v) is 12.4. The molecule has 0 aliphatic carbocycles. The highest BCUT2D eigenvalue weighted by molar-refractivity contribution is 6.19. The fraction of sp³-hybridized carbons (Fsp3) is 0. The van der Waals surface area contributed by atoms with Crippen LogP contribution in [0.15, 0.2) is 194 Å². The van der Waals surface area contributed by atoms with Crippen molar-refractivity contribution in [3.8, 4) is 44.8 Å². The quantitative estimate of drug-likeness (QED) is 0.158. The van der Waals surface area contributed by atoms with E-state index in [1.54, 1.807) is 0 Å². The minimum Gasteiger partial charge on any atom is -0.309 e. The van der Waals surface area contributed by atoms with Crippen LogP contribution in [0.5, 0.6) is 0 Å². The Balaban J connectivity index is 1.06. The van der Waals surface area contributed by atoms with Crippen LogP contribution in [0.3, 0.4) is 0 Å². The highest BCUT2D eigenvalue weighted by atomic mass is 15.0. The topological polar surface area (TPSA) is 9.86 Å². The molecule has 2 aromatic heterocycles. The van der Waals surface area contributed by atoms with Gasteiger partial charge in [0.15, 0.2) is 0 Å². The third kappa shape index (κ3) is 4.00. The van der Waals surface area contributed by atoms with Gasteiger partial charge in [-0.25, -0.2) is 0 Å². The molecule has 13 rings (SSSR count). The summed E-state index contributed by atoms with van der Waals surface area (Å²) in [5.74, 6) is 0. The zero-order valence-corrected chi connectivity index (χ0v) is 30.4. The first-order chi connectivity index (χ1) is 27.8. The molecule has 0 amide bonds. The minimum absolute atomic E-state index is 1.21. The second kappa shape index (κ2) is 11.1. The molecule has 0 spiro atoms. The molecule has 10 aromatic carbocycles. The van der Waals surface area contributed by atoms with Crippen LogP contribution in [-0.4, -0.2) is 9.13 Å². The Labute approximate surface area is 322 Å². The number of para-hydroxylation sites is 2. The van der Waals surface area contributed by atoms with Gasteiger partial charge in [0.2, 0.25) is 0 Å². The van der Waals surface area contributed by atoms with Crippen molar-refractivity contribution < 1.29 is 0 Å². The first kappa shape index (κ1) is 30.0. The standard InChI is InChI=1S/C54H32N2/c1-2-13-34-31-53-46(28-33(34)12-1)41-18-6-5-17-40(41)44-21-11-22-45-48-30-36(25-27-51(48)56(53)54(44)45)35-24-26-50-47(29-35)43-20-9-10-23-49(43)55(50)52-32-37-14-3-4-15-38(37)39-16-7-8-19-42(39)52/h1-32H. The molecule has 3 heterocycles. The maximum Gasteiger partial charge on any atom is 0.0619 e. The first-order valence-corrected chi connectivity index (χ1v) is 19.4. The molecule has 0 bridgehead atoms. The van der Waals surface area contributed by atoms with Crippen LogP contribution in [-0.2, 0) is 0 Å². The molecule has 2 heteroatoms. The summed E-state index contributed by atoms with van der Waals surface area (Å²) in [5, 5.41) is 12.6. The average molecular weight is 709 g/mol. The van der Waals surface area contributed by atoms with E-state index in [0.29, 0.717) is 0 Å². The molecule has 56 heavy (non-hydrogen) atoms. The maximum absolute atomic E-state index is 2.52. The van der Waals surface area contributed by atoms with E-state index in [0.717, 1.165) is 0 Å². The summed E-state index contributed by atoms with van der Waals surface area (Å²) in [5.41, 5.74) is 14.9. The molecule has 12 aromatic rings. The summed E-state index contributed by atoms with van der Waals surface area (Å²) in [4.78, 5) is 0. The van der Waals surface area contributed by atoms with Crippen LogP contribution >= 0.6 is 0 Å². The van der Waals surface area contributed by atoms with Crippen LogP contribution in [0.25, 0.3) is 121 Å². The fourth-order valence-corrected chi connectivity index (χ4v) is 9.93. The van der Waals surface area contributed by atoms with Gasteiger partial charge >= 0.3 is 0 Å². The van der Waals surface area contributed by atoms with Gasteiger partial charge in [-0.15, -0.1) is 0 Å².